The van der Waals surface area contributed by atoms with Crippen molar-refractivity contribution in [2.75, 3.05) is 13.3 Å². The zero-order valence-corrected chi connectivity index (χ0v) is 12.1. The van der Waals surface area contributed by atoms with Gasteiger partial charge in [-0.1, -0.05) is 0 Å². The summed E-state index contributed by atoms with van der Waals surface area (Å²) in [4.78, 5) is 15.1. The van der Waals surface area contributed by atoms with E-state index in [-0.39, 0.29) is 18.1 Å². The Balaban J connectivity index is 2.85. The van der Waals surface area contributed by atoms with Gasteiger partial charge in [-0.3, -0.25) is 4.55 Å². The molecule has 11 nitrogen and oxygen atoms in total. The van der Waals surface area contributed by atoms with Crippen molar-refractivity contribution in [3.8, 4) is 11.8 Å². The molecular weight excluding hydrogens is 324 g/mol. The highest BCUT2D eigenvalue weighted by Gasteiger charge is 2.25. The van der Waals surface area contributed by atoms with Crippen LogP contribution in [0.2, 0.25) is 0 Å². The van der Waals surface area contributed by atoms with Gasteiger partial charge in [-0.15, -0.1) is 4.73 Å². The molecule has 0 aliphatic heterocycles. The smallest absolute Gasteiger partial charge is 0.356 e. The van der Waals surface area contributed by atoms with Gasteiger partial charge in [0.1, 0.15) is 6.73 Å². The minimum absolute atomic E-state index is 0.0252. The first-order valence-corrected chi connectivity index (χ1v) is 7.06. The van der Waals surface area contributed by atoms with E-state index >= 15 is 0 Å². The molecule has 0 radical (unpaired) electrons. The lowest BCUT2D eigenvalue weighted by atomic mass is 10.3. The maximum atomic E-state index is 11.5. The van der Waals surface area contributed by atoms with E-state index in [0.717, 1.165) is 6.08 Å². The average Bonchev–Trinajstić information content (AvgIpc) is 2.66. The molecule has 124 valence electrons. The molecule has 0 atom stereocenters. The van der Waals surface area contributed by atoms with Crippen LogP contribution in [-0.4, -0.2) is 52.4 Å². The van der Waals surface area contributed by atoms with E-state index in [0.29, 0.717) is 11.6 Å². The van der Waals surface area contributed by atoms with Crippen LogP contribution in [0.3, 0.4) is 0 Å². The summed E-state index contributed by atoms with van der Waals surface area (Å²) < 4.78 is 35.6. The number of nitrogens with zero attached hydrogens (tertiary/aromatic N) is 1. The van der Waals surface area contributed by atoms with Crippen LogP contribution in [0.1, 0.15) is 6.92 Å². The molecule has 0 amide bonds. The van der Waals surface area contributed by atoms with Crippen molar-refractivity contribution >= 4 is 16.1 Å². The number of carbonyl (C=O) groups excluding carboxylic acids is 1. The van der Waals surface area contributed by atoms with Crippen molar-refractivity contribution < 1.29 is 42.8 Å². The Hall–Kier alpha value is -2.12. The predicted octanol–water partition coefficient (Wildman–Crippen LogP) is -1.000. The number of rotatable bonds is 7. The molecular formula is C10H14N2O9S. The normalized spacial score (nSPS) is 12.4. The van der Waals surface area contributed by atoms with Gasteiger partial charge in [-0.25, -0.2) is 4.79 Å². The molecule has 1 heterocycles. The predicted molar refractivity (Wildman–Crippen MR) is 68.7 cm³/mol. The van der Waals surface area contributed by atoms with Crippen molar-refractivity contribution in [3.05, 3.63) is 17.7 Å². The van der Waals surface area contributed by atoms with Gasteiger partial charge in [-0.05, 0) is 12.5 Å². The van der Waals surface area contributed by atoms with Gasteiger partial charge in [0.25, 0.3) is 16.0 Å². The number of carbonyl (C=O) groups is 1. The Kier molecular flexibility index (Phi) is 5.90. The lowest BCUT2D eigenvalue weighted by molar-refractivity contribution is -0.139. The molecule has 0 aliphatic rings. The fourth-order valence-electron chi connectivity index (χ4n) is 1.35. The molecule has 0 unspecified atom stereocenters. The minimum Gasteiger partial charge on any atom is -0.492 e. The molecule has 22 heavy (non-hydrogen) atoms. The number of hydroxylamine groups is 1. The summed E-state index contributed by atoms with van der Waals surface area (Å²) in [7, 11) is -4.80. The summed E-state index contributed by atoms with van der Waals surface area (Å²) in [6.07, 6.45) is 0.948. The number of ether oxygens (including phenoxy) is 1. The molecule has 0 aliphatic carbocycles. The summed E-state index contributed by atoms with van der Waals surface area (Å²) in [5.74, 6) is -3.13. The highest BCUT2D eigenvalue weighted by Crippen LogP contribution is 2.29. The van der Waals surface area contributed by atoms with Gasteiger partial charge in [0.2, 0.25) is 5.88 Å². The van der Waals surface area contributed by atoms with Crippen molar-refractivity contribution in [2.24, 2.45) is 0 Å². The van der Waals surface area contributed by atoms with Crippen LogP contribution in [0, 0.1) is 0 Å². The summed E-state index contributed by atoms with van der Waals surface area (Å²) in [5, 5.41) is 27.2. The van der Waals surface area contributed by atoms with Gasteiger partial charge < -0.3 is 25.0 Å². The van der Waals surface area contributed by atoms with Crippen LogP contribution in [0.4, 0.5) is 0 Å². The van der Waals surface area contributed by atoms with Crippen molar-refractivity contribution in [2.45, 2.75) is 11.8 Å². The van der Waals surface area contributed by atoms with Crippen LogP contribution in [-0.2, 0) is 19.6 Å². The number of hydrogen-bond acceptors (Lipinski definition) is 9. The molecule has 0 saturated heterocycles. The molecule has 0 fully saturated rings. The van der Waals surface area contributed by atoms with E-state index in [9.17, 15) is 23.4 Å². The van der Waals surface area contributed by atoms with Crippen LogP contribution >= 0.6 is 0 Å². The highest BCUT2D eigenvalue weighted by molar-refractivity contribution is 7.86. The van der Waals surface area contributed by atoms with E-state index in [1.165, 1.54) is 6.92 Å². The lowest BCUT2D eigenvalue weighted by Gasteiger charge is -2.06. The quantitative estimate of drug-likeness (QED) is 0.137. The monoisotopic (exact) mass is 338 g/mol. The number of hydrogen-bond donors (Lipinski definition) is 5. The fraction of sp³-hybridized carbons (Fsp3) is 0.300. The first kappa shape index (κ1) is 17.9. The second-order valence-corrected chi connectivity index (χ2v) is 5.40. The maximum Gasteiger partial charge on any atom is 0.356 e. The third-order valence-corrected chi connectivity index (χ3v) is 3.06. The Labute approximate surface area is 124 Å². The van der Waals surface area contributed by atoms with E-state index in [2.05, 4.69) is 4.84 Å². The fourth-order valence-corrected chi connectivity index (χ4v) is 1.91. The number of aromatic hydroxyl groups is 2. The maximum absolute atomic E-state index is 11.5. The zero-order chi connectivity index (χ0) is 16.9. The Morgan fingerprint density at radius 1 is 1.45 bits per heavy atom. The molecule has 1 rings (SSSR count). The summed E-state index contributed by atoms with van der Waals surface area (Å²) in [5.41, 5.74) is 2.11. The molecule has 0 spiro atoms. The first-order valence-electron chi connectivity index (χ1n) is 5.62. The average molecular weight is 338 g/mol. The molecule has 1 aromatic heterocycles. The van der Waals surface area contributed by atoms with Crippen LogP contribution in [0.5, 0.6) is 11.8 Å². The van der Waals surface area contributed by atoms with E-state index < -0.39 is 32.7 Å². The van der Waals surface area contributed by atoms with Gasteiger partial charge in [0, 0.05) is 12.1 Å². The number of nitrogens with one attached hydrogen (secondary N) is 1. The third-order valence-electron chi connectivity index (χ3n) is 2.20. The lowest BCUT2D eigenvalue weighted by Crippen LogP contribution is -2.18. The van der Waals surface area contributed by atoms with Crippen molar-refractivity contribution in [1.82, 2.24) is 10.2 Å². The first-order chi connectivity index (χ1) is 10.2. The van der Waals surface area contributed by atoms with Crippen molar-refractivity contribution in [3.63, 3.8) is 0 Å². The topological polar surface area (TPSA) is 168 Å². The molecule has 0 bridgehead atoms. The van der Waals surface area contributed by atoms with Gasteiger partial charge in [0.15, 0.2) is 4.90 Å². The molecule has 0 aromatic carbocycles. The second-order valence-electron chi connectivity index (χ2n) is 4.01. The largest absolute Gasteiger partial charge is 0.492 e. The molecule has 0 saturated carbocycles. The summed E-state index contributed by atoms with van der Waals surface area (Å²) in [6.45, 7) is 1.30. The number of aromatic nitrogens is 1. The standard InChI is InChI=1S/C10H14N2O9S/c1-6(4-20-5-11-16)2-9(14)21-12-8(13)3-7(10(12)15)22(17,18)19/h2-3,11,13,15-16H,4-5H2,1H3,(H,17,18,19)/b6-2+. The van der Waals surface area contributed by atoms with E-state index in [1.807, 2.05) is 0 Å². The van der Waals surface area contributed by atoms with Gasteiger partial charge >= 0.3 is 5.97 Å². The Bertz CT molecular complexity index is 677. The molecule has 1 aromatic rings. The van der Waals surface area contributed by atoms with E-state index in [4.69, 9.17) is 14.5 Å². The molecule has 12 heteroatoms. The van der Waals surface area contributed by atoms with E-state index in [1.54, 1.807) is 5.48 Å². The van der Waals surface area contributed by atoms with Gasteiger partial charge in [-0.2, -0.15) is 13.9 Å². The highest BCUT2D eigenvalue weighted by atomic mass is 32.2. The molecule has 5 N–H and O–H groups in total. The Morgan fingerprint density at radius 3 is 2.59 bits per heavy atom. The second kappa shape index (κ2) is 7.24. The minimum atomic E-state index is -4.80. The van der Waals surface area contributed by atoms with Crippen LogP contribution < -0.4 is 10.3 Å². The van der Waals surface area contributed by atoms with Crippen LogP contribution in [0.25, 0.3) is 0 Å². The SMILES string of the molecule is C/C(=C\C(=O)On1c(O)cc(S(=O)(=O)O)c1O)COCNO. The summed E-state index contributed by atoms with van der Waals surface area (Å²) in [6, 6.07) is 0.505. The van der Waals surface area contributed by atoms with Gasteiger partial charge in [0.05, 0.1) is 6.61 Å². The summed E-state index contributed by atoms with van der Waals surface area (Å²) >= 11 is 0. The Morgan fingerprint density at radius 2 is 2.09 bits per heavy atom. The zero-order valence-electron chi connectivity index (χ0n) is 11.3. The van der Waals surface area contributed by atoms with Crippen LogP contribution in [0.15, 0.2) is 22.6 Å². The van der Waals surface area contributed by atoms with Crippen molar-refractivity contribution in [1.29, 1.82) is 0 Å². The third kappa shape index (κ3) is 4.71.